The molecule has 0 radical (unpaired) electrons. The number of halogens is 1. The monoisotopic (exact) mass is 248 g/mol. The average molecular weight is 249 g/mol. The number of hydrogen-bond acceptors (Lipinski definition) is 4. The average Bonchev–Trinajstić information content (AvgIpc) is 2.63. The molecular weight excluding hydrogens is 232 g/mol. The lowest BCUT2D eigenvalue weighted by molar-refractivity contribution is 0.429. The second-order valence-electron chi connectivity index (χ2n) is 3.68. The van der Waals surface area contributed by atoms with Crippen molar-refractivity contribution in [1.29, 1.82) is 0 Å². The van der Waals surface area contributed by atoms with E-state index in [1.807, 2.05) is 11.6 Å². The lowest BCUT2D eigenvalue weighted by Gasteiger charge is -2.22. The van der Waals surface area contributed by atoms with Gasteiger partial charge in [0.15, 0.2) is 5.16 Å². The van der Waals surface area contributed by atoms with E-state index in [9.17, 15) is 0 Å². The molecule has 0 aliphatic carbocycles. The van der Waals surface area contributed by atoms with E-state index in [2.05, 4.69) is 15.5 Å². The summed E-state index contributed by atoms with van der Waals surface area (Å²) in [7, 11) is 1.98. The predicted molar refractivity (Wildman–Crippen MR) is 64.6 cm³/mol. The van der Waals surface area contributed by atoms with E-state index < -0.39 is 0 Å². The summed E-state index contributed by atoms with van der Waals surface area (Å²) < 4.78 is 1.97. The van der Waals surface area contributed by atoms with Gasteiger partial charge in [0.05, 0.1) is 0 Å². The Kier molecular flexibility index (Phi) is 5.42. The number of piperidine rings is 1. The summed E-state index contributed by atoms with van der Waals surface area (Å²) in [6.07, 6.45) is 5.73. The van der Waals surface area contributed by atoms with Crippen LogP contribution in [0.4, 0.5) is 0 Å². The number of hydrogen-bond donors (Lipinski definition) is 1. The molecule has 1 aromatic rings. The summed E-state index contributed by atoms with van der Waals surface area (Å²) in [5.74, 6) is 1.10. The number of nitrogens with one attached hydrogen (secondary N) is 1. The zero-order valence-electron chi connectivity index (χ0n) is 8.85. The molecule has 1 aromatic heterocycles. The smallest absolute Gasteiger partial charge is 0.190 e. The lowest BCUT2D eigenvalue weighted by atomic mass is 10.1. The third-order valence-electron chi connectivity index (χ3n) is 2.50. The Balaban J connectivity index is 0.00000112. The summed E-state index contributed by atoms with van der Waals surface area (Å²) in [5, 5.41) is 12.4. The van der Waals surface area contributed by atoms with Crippen molar-refractivity contribution in [3.63, 3.8) is 0 Å². The second kappa shape index (κ2) is 6.35. The van der Waals surface area contributed by atoms with Gasteiger partial charge in [-0.3, -0.25) is 0 Å². The summed E-state index contributed by atoms with van der Waals surface area (Å²) in [6, 6.07) is 0.658. The Labute approximate surface area is 101 Å². The molecule has 6 heteroatoms. The molecule has 1 unspecified atom stereocenters. The van der Waals surface area contributed by atoms with Crippen molar-refractivity contribution in [2.75, 3.05) is 12.3 Å². The van der Waals surface area contributed by atoms with Crippen molar-refractivity contribution in [2.24, 2.45) is 7.05 Å². The molecule has 0 aromatic carbocycles. The van der Waals surface area contributed by atoms with Crippen molar-refractivity contribution < 1.29 is 0 Å². The minimum absolute atomic E-state index is 0. The quantitative estimate of drug-likeness (QED) is 0.823. The van der Waals surface area contributed by atoms with Gasteiger partial charge in [0.2, 0.25) is 0 Å². The van der Waals surface area contributed by atoms with E-state index in [1.54, 1.807) is 18.1 Å². The maximum atomic E-state index is 4.05. The molecule has 15 heavy (non-hydrogen) atoms. The van der Waals surface area contributed by atoms with Crippen LogP contribution < -0.4 is 5.32 Å². The fourth-order valence-corrected chi connectivity index (χ4v) is 2.64. The van der Waals surface area contributed by atoms with Crippen molar-refractivity contribution >= 4 is 24.2 Å². The highest BCUT2D eigenvalue weighted by Crippen LogP contribution is 2.18. The largest absolute Gasteiger partial charge is 0.313 e. The first kappa shape index (κ1) is 12.8. The minimum Gasteiger partial charge on any atom is -0.313 e. The van der Waals surface area contributed by atoms with E-state index in [0.717, 1.165) is 10.9 Å². The fourth-order valence-electron chi connectivity index (χ4n) is 1.64. The molecule has 2 rings (SSSR count). The minimum atomic E-state index is 0. The molecule has 0 saturated carbocycles. The van der Waals surface area contributed by atoms with Gasteiger partial charge in [-0.1, -0.05) is 18.2 Å². The van der Waals surface area contributed by atoms with Crippen molar-refractivity contribution in [1.82, 2.24) is 20.1 Å². The maximum Gasteiger partial charge on any atom is 0.190 e. The molecule has 0 bridgehead atoms. The Hall–Kier alpha value is -0.260. The van der Waals surface area contributed by atoms with Crippen LogP contribution in [-0.4, -0.2) is 33.1 Å². The molecule has 1 atom stereocenters. The van der Waals surface area contributed by atoms with Gasteiger partial charge in [-0.05, 0) is 19.4 Å². The highest BCUT2D eigenvalue weighted by molar-refractivity contribution is 7.99. The van der Waals surface area contributed by atoms with Crippen LogP contribution in [-0.2, 0) is 7.05 Å². The number of nitrogens with zero attached hydrogens (tertiary/aromatic N) is 3. The van der Waals surface area contributed by atoms with Crippen molar-refractivity contribution in [3.05, 3.63) is 6.33 Å². The lowest BCUT2D eigenvalue weighted by Crippen LogP contribution is -2.35. The van der Waals surface area contributed by atoms with E-state index in [-0.39, 0.29) is 12.4 Å². The van der Waals surface area contributed by atoms with Crippen LogP contribution in [0.3, 0.4) is 0 Å². The number of aromatic nitrogens is 3. The Bertz CT molecular complexity index is 285. The molecule has 0 spiro atoms. The molecular formula is C9H17ClN4S. The van der Waals surface area contributed by atoms with Crippen molar-refractivity contribution in [2.45, 2.75) is 30.5 Å². The topological polar surface area (TPSA) is 42.7 Å². The number of aryl methyl sites for hydroxylation is 1. The zero-order valence-corrected chi connectivity index (χ0v) is 10.5. The first-order chi connectivity index (χ1) is 6.86. The van der Waals surface area contributed by atoms with Gasteiger partial charge in [-0.15, -0.1) is 22.6 Å². The van der Waals surface area contributed by atoms with Crippen LogP contribution >= 0.6 is 24.2 Å². The molecule has 0 amide bonds. The van der Waals surface area contributed by atoms with Crippen LogP contribution in [0, 0.1) is 0 Å². The molecule has 1 saturated heterocycles. The van der Waals surface area contributed by atoms with Crippen LogP contribution in [0.2, 0.25) is 0 Å². The van der Waals surface area contributed by atoms with Gasteiger partial charge in [-0.25, -0.2) is 0 Å². The Morgan fingerprint density at radius 1 is 1.60 bits per heavy atom. The fraction of sp³-hybridized carbons (Fsp3) is 0.778. The van der Waals surface area contributed by atoms with E-state index in [0.29, 0.717) is 6.04 Å². The van der Waals surface area contributed by atoms with Crippen LogP contribution in [0.1, 0.15) is 19.3 Å². The number of rotatable bonds is 3. The van der Waals surface area contributed by atoms with Gasteiger partial charge in [0.25, 0.3) is 0 Å². The number of thioether (sulfide) groups is 1. The van der Waals surface area contributed by atoms with Gasteiger partial charge < -0.3 is 9.88 Å². The normalized spacial score (nSPS) is 21.0. The molecule has 86 valence electrons. The molecule has 1 N–H and O–H groups in total. The SMILES string of the molecule is Cl.Cn1cnnc1SCC1CCCCN1. The first-order valence-corrected chi connectivity index (χ1v) is 6.05. The maximum absolute atomic E-state index is 4.05. The van der Waals surface area contributed by atoms with Gasteiger partial charge in [0, 0.05) is 18.8 Å². The highest BCUT2D eigenvalue weighted by Gasteiger charge is 2.13. The van der Waals surface area contributed by atoms with Gasteiger partial charge in [0.1, 0.15) is 6.33 Å². The van der Waals surface area contributed by atoms with Gasteiger partial charge >= 0.3 is 0 Å². The summed E-state index contributed by atoms with van der Waals surface area (Å²) in [6.45, 7) is 1.17. The van der Waals surface area contributed by atoms with Gasteiger partial charge in [-0.2, -0.15) is 0 Å². The van der Waals surface area contributed by atoms with Crippen LogP contribution in [0.25, 0.3) is 0 Å². The second-order valence-corrected chi connectivity index (χ2v) is 4.67. The third-order valence-corrected chi connectivity index (χ3v) is 3.69. The van der Waals surface area contributed by atoms with E-state index in [1.165, 1.54) is 25.8 Å². The molecule has 4 nitrogen and oxygen atoms in total. The molecule has 2 heterocycles. The standard InChI is InChI=1S/C9H16N4S.ClH/c1-13-7-11-12-9(13)14-6-8-4-2-3-5-10-8;/h7-8,10H,2-6H2,1H3;1H. The summed E-state index contributed by atoms with van der Waals surface area (Å²) in [5.41, 5.74) is 0. The molecule has 1 fully saturated rings. The van der Waals surface area contributed by atoms with E-state index >= 15 is 0 Å². The summed E-state index contributed by atoms with van der Waals surface area (Å²) >= 11 is 1.79. The van der Waals surface area contributed by atoms with Crippen LogP contribution in [0.5, 0.6) is 0 Å². The molecule has 1 aliphatic heterocycles. The Morgan fingerprint density at radius 2 is 2.47 bits per heavy atom. The highest BCUT2D eigenvalue weighted by atomic mass is 35.5. The third kappa shape index (κ3) is 3.66. The Morgan fingerprint density at radius 3 is 3.07 bits per heavy atom. The van der Waals surface area contributed by atoms with Crippen molar-refractivity contribution in [3.8, 4) is 0 Å². The van der Waals surface area contributed by atoms with E-state index in [4.69, 9.17) is 0 Å². The summed E-state index contributed by atoms with van der Waals surface area (Å²) in [4.78, 5) is 0. The zero-order chi connectivity index (χ0) is 9.80. The van der Waals surface area contributed by atoms with Crippen LogP contribution in [0.15, 0.2) is 11.5 Å². The first-order valence-electron chi connectivity index (χ1n) is 5.06. The predicted octanol–water partition coefficient (Wildman–Crippen LogP) is 1.47. The molecule has 1 aliphatic rings.